The Balaban J connectivity index is 1.62. The average molecular weight is 388 g/mol. The highest BCUT2D eigenvalue weighted by molar-refractivity contribution is 7.98. The molecule has 138 valence electrons. The third-order valence-corrected chi connectivity index (χ3v) is 5.01. The molecule has 4 nitrogen and oxygen atoms in total. The van der Waals surface area contributed by atoms with E-state index >= 15 is 0 Å². The second-order valence-electron chi connectivity index (χ2n) is 5.98. The lowest BCUT2D eigenvalue weighted by atomic mass is 10.2. The predicted octanol–water partition coefficient (Wildman–Crippen LogP) is 5.05. The van der Waals surface area contributed by atoms with Crippen molar-refractivity contribution in [3.63, 3.8) is 0 Å². The van der Waals surface area contributed by atoms with Gasteiger partial charge in [0.25, 0.3) is 0 Å². The molecule has 1 aromatic carbocycles. The van der Waals surface area contributed by atoms with Gasteiger partial charge in [0.15, 0.2) is 5.16 Å². The molecule has 0 aliphatic carbocycles. The van der Waals surface area contributed by atoms with Crippen molar-refractivity contribution in [1.82, 2.24) is 18.9 Å². The molecule has 0 spiro atoms. The van der Waals surface area contributed by atoms with Gasteiger partial charge in [-0.25, -0.2) is 9.97 Å². The van der Waals surface area contributed by atoms with Gasteiger partial charge in [-0.3, -0.25) is 0 Å². The minimum absolute atomic E-state index is 0.322. The molecule has 0 bridgehead atoms. The normalized spacial score (nSPS) is 12.0. The standard InChI is InChI=1S/C19H15F3N4S/c20-19(21,22)13-26-16(14-6-2-1-3-7-14)10-23-18(26)27-12-15-11-25-9-5-4-8-17(25)24-15/h1-11H,12-13H2. The Morgan fingerprint density at radius 1 is 1.00 bits per heavy atom. The van der Waals surface area contributed by atoms with Crippen LogP contribution in [-0.2, 0) is 12.3 Å². The number of nitrogens with zero attached hydrogens (tertiary/aromatic N) is 4. The molecule has 0 atom stereocenters. The number of pyridine rings is 1. The molecule has 0 saturated heterocycles. The van der Waals surface area contributed by atoms with Gasteiger partial charge in [0, 0.05) is 18.1 Å². The summed E-state index contributed by atoms with van der Waals surface area (Å²) in [6.45, 7) is -1.08. The summed E-state index contributed by atoms with van der Waals surface area (Å²) >= 11 is 1.25. The van der Waals surface area contributed by atoms with Gasteiger partial charge in [-0.15, -0.1) is 0 Å². The van der Waals surface area contributed by atoms with Crippen molar-refractivity contribution in [2.45, 2.75) is 23.6 Å². The number of alkyl halides is 3. The molecule has 0 aliphatic rings. The summed E-state index contributed by atoms with van der Waals surface area (Å²) in [4.78, 5) is 8.72. The van der Waals surface area contributed by atoms with Gasteiger partial charge in [-0.2, -0.15) is 13.2 Å². The minimum Gasteiger partial charge on any atom is -0.310 e. The Morgan fingerprint density at radius 3 is 2.52 bits per heavy atom. The monoisotopic (exact) mass is 388 g/mol. The van der Waals surface area contributed by atoms with Crippen LogP contribution in [-0.4, -0.2) is 25.1 Å². The average Bonchev–Trinajstić information content (AvgIpc) is 3.23. The van der Waals surface area contributed by atoms with Gasteiger partial charge in [0.05, 0.1) is 17.6 Å². The predicted molar refractivity (Wildman–Crippen MR) is 98.5 cm³/mol. The fourth-order valence-corrected chi connectivity index (χ4v) is 3.70. The first-order chi connectivity index (χ1) is 13.0. The first-order valence-corrected chi connectivity index (χ1v) is 9.21. The van der Waals surface area contributed by atoms with Crippen LogP contribution in [0.3, 0.4) is 0 Å². The van der Waals surface area contributed by atoms with E-state index in [0.717, 1.165) is 11.3 Å². The molecule has 0 amide bonds. The Hall–Kier alpha value is -2.74. The first-order valence-electron chi connectivity index (χ1n) is 8.23. The molecule has 0 fully saturated rings. The van der Waals surface area contributed by atoms with E-state index in [9.17, 15) is 13.2 Å². The molecule has 8 heteroatoms. The first kappa shape index (κ1) is 17.7. The molecule has 3 heterocycles. The van der Waals surface area contributed by atoms with Crippen LogP contribution < -0.4 is 0 Å². The molecule has 0 saturated carbocycles. The highest BCUT2D eigenvalue weighted by atomic mass is 32.2. The fourth-order valence-electron chi connectivity index (χ4n) is 2.84. The molecule has 3 aromatic heterocycles. The van der Waals surface area contributed by atoms with E-state index in [4.69, 9.17) is 0 Å². The van der Waals surface area contributed by atoms with Gasteiger partial charge >= 0.3 is 6.18 Å². The van der Waals surface area contributed by atoms with Crippen LogP contribution in [0, 0.1) is 0 Å². The number of aromatic nitrogens is 4. The molecule has 0 unspecified atom stereocenters. The highest BCUT2D eigenvalue weighted by Crippen LogP contribution is 2.31. The zero-order valence-corrected chi connectivity index (χ0v) is 14.9. The summed E-state index contributed by atoms with van der Waals surface area (Å²) in [5.41, 5.74) is 2.74. The maximum Gasteiger partial charge on any atom is 0.406 e. The number of hydrogen-bond donors (Lipinski definition) is 0. The van der Waals surface area contributed by atoms with Gasteiger partial charge in [0.1, 0.15) is 12.2 Å². The number of thioether (sulfide) groups is 1. The summed E-state index contributed by atoms with van der Waals surface area (Å²) < 4.78 is 42.5. The fraction of sp³-hybridized carbons (Fsp3) is 0.158. The van der Waals surface area contributed by atoms with Crippen molar-refractivity contribution in [2.24, 2.45) is 0 Å². The molecule has 0 aliphatic heterocycles. The lowest BCUT2D eigenvalue weighted by Gasteiger charge is -2.14. The number of hydrogen-bond acceptors (Lipinski definition) is 3. The van der Waals surface area contributed by atoms with Crippen LogP contribution in [0.2, 0.25) is 0 Å². The number of benzene rings is 1. The SMILES string of the molecule is FC(F)(F)Cn1c(-c2ccccc2)cnc1SCc1cn2ccccc2n1. The van der Waals surface area contributed by atoms with Crippen LogP contribution in [0.5, 0.6) is 0 Å². The van der Waals surface area contributed by atoms with Crippen molar-refractivity contribution in [3.05, 3.63) is 72.8 Å². The summed E-state index contributed by atoms with van der Waals surface area (Å²) in [5.74, 6) is 0.435. The smallest absolute Gasteiger partial charge is 0.310 e. The van der Waals surface area contributed by atoms with E-state index in [1.165, 1.54) is 22.5 Å². The maximum absolute atomic E-state index is 13.1. The zero-order valence-electron chi connectivity index (χ0n) is 14.1. The number of fused-ring (bicyclic) bond motifs is 1. The molecule has 4 aromatic rings. The van der Waals surface area contributed by atoms with E-state index in [0.29, 0.717) is 22.2 Å². The van der Waals surface area contributed by atoms with Crippen LogP contribution in [0.4, 0.5) is 13.2 Å². The molecular weight excluding hydrogens is 373 g/mol. The molecular formula is C19H15F3N4S. The maximum atomic E-state index is 13.1. The van der Waals surface area contributed by atoms with Crippen molar-refractivity contribution in [1.29, 1.82) is 0 Å². The van der Waals surface area contributed by atoms with Crippen LogP contribution in [0.15, 0.2) is 72.3 Å². The third kappa shape index (κ3) is 4.00. The zero-order chi connectivity index (χ0) is 18.9. The second-order valence-corrected chi connectivity index (χ2v) is 6.92. The van der Waals surface area contributed by atoms with Crippen LogP contribution in [0.1, 0.15) is 5.69 Å². The highest BCUT2D eigenvalue weighted by Gasteiger charge is 2.30. The van der Waals surface area contributed by atoms with E-state index in [2.05, 4.69) is 9.97 Å². The Bertz CT molecular complexity index is 1020. The summed E-state index contributed by atoms with van der Waals surface area (Å²) in [6.07, 6.45) is 0.918. The van der Waals surface area contributed by atoms with Crippen molar-refractivity contribution in [2.75, 3.05) is 0 Å². The van der Waals surface area contributed by atoms with Gasteiger partial charge < -0.3 is 8.97 Å². The van der Waals surface area contributed by atoms with Crippen molar-refractivity contribution in [3.8, 4) is 11.3 Å². The summed E-state index contributed by atoms with van der Waals surface area (Å²) in [7, 11) is 0. The molecule has 4 rings (SSSR count). The topological polar surface area (TPSA) is 35.1 Å². The lowest BCUT2D eigenvalue weighted by Crippen LogP contribution is -2.19. The number of rotatable bonds is 5. The lowest BCUT2D eigenvalue weighted by molar-refractivity contribution is -0.141. The Kier molecular flexibility index (Phi) is 4.65. The van der Waals surface area contributed by atoms with Crippen LogP contribution >= 0.6 is 11.8 Å². The van der Waals surface area contributed by atoms with Gasteiger partial charge in [-0.1, -0.05) is 48.2 Å². The summed E-state index contributed by atoms with van der Waals surface area (Å²) in [6, 6.07) is 14.6. The third-order valence-electron chi connectivity index (χ3n) is 3.99. The largest absolute Gasteiger partial charge is 0.406 e. The Morgan fingerprint density at radius 2 is 1.78 bits per heavy atom. The minimum atomic E-state index is -4.33. The molecule has 0 radical (unpaired) electrons. The molecule has 0 N–H and O–H groups in total. The number of halogens is 3. The van der Waals surface area contributed by atoms with E-state index in [1.807, 2.05) is 41.1 Å². The Labute approximate surface area is 157 Å². The van der Waals surface area contributed by atoms with Crippen molar-refractivity contribution >= 4 is 17.4 Å². The van der Waals surface area contributed by atoms with E-state index < -0.39 is 12.7 Å². The van der Waals surface area contributed by atoms with Crippen LogP contribution in [0.25, 0.3) is 16.9 Å². The van der Waals surface area contributed by atoms with Crippen molar-refractivity contribution < 1.29 is 13.2 Å². The van der Waals surface area contributed by atoms with Gasteiger partial charge in [-0.05, 0) is 17.7 Å². The quantitative estimate of drug-likeness (QED) is 0.449. The number of imidazole rings is 2. The van der Waals surface area contributed by atoms with E-state index in [1.54, 1.807) is 24.3 Å². The summed E-state index contributed by atoms with van der Waals surface area (Å²) in [5, 5.41) is 0.322. The van der Waals surface area contributed by atoms with Gasteiger partial charge in [0.2, 0.25) is 0 Å². The molecule has 27 heavy (non-hydrogen) atoms. The van der Waals surface area contributed by atoms with E-state index in [-0.39, 0.29) is 0 Å². The second kappa shape index (κ2) is 7.11.